The van der Waals surface area contributed by atoms with E-state index in [0.29, 0.717) is 5.56 Å². The summed E-state index contributed by atoms with van der Waals surface area (Å²) in [5.74, 6) is -1.61. The third-order valence-electron chi connectivity index (χ3n) is 2.38. The van der Waals surface area contributed by atoms with Gasteiger partial charge in [0.25, 0.3) is 5.91 Å². The number of nitrogens with zero attached hydrogens (tertiary/aromatic N) is 1. The maximum absolute atomic E-state index is 12.1. The van der Waals surface area contributed by atoms with Gasteiger partial charge in [0, 0.05) is 20.7 Å². The fourth-order valence-corrected chi connectivity index (χ4v) is 2.85. The molecule has 0 radical (unpaired) electrons. The van der Waals surface area contributed by atoms with Crippen molar-refractivity contribution in [1.82, 2.24) is 4.98 Å². The maximum Gasteiger partial charge on any atom is 0.356 e. The second kappa shape index (κ2) is 6.15. The van der Waals surface area contributed by atoms with Crippen molar-refractivity contribution >= 4 is 49.4 Å². The monoisotopic (exact) mass is 398 g/mol. The number of carboxylic acid groups (broad SMARTS) is 1. The molecule has 7 heteroatoms. The predicted molar refractivity (Wildman–Crippen MR) is 81.0 cm³/mol. The van der Waals surface area contributed by atoms with Gasteiger partial charge in [-0.3, -0.25) is 4.79 Å². The molecule has 0 fully saturated rings. The smallest absolute Gasteiger partial charge is 0.356 e. The lowest BCUT2D eigenvalue weighted by molar-refractivity contribution is 0.0692. The van der Waals surface area contributed by atoms with Gasteiger partial charge in [-0.2, -0.15) is 0 Å². The fraction of sp³-hybridized carbons (Fsp3) is 0. The van der Waals surface area contributed by atoms with E-state index in [4.69, 9.17) is 5.11 Å². The fourth-order valence-electron chi connectivity index (χ4n) is 1.56. The molecule has 0 unspecified atom stereocenters. The van der Waals surface area contributed by atoms with Crippen LogP contribution in [-0.2, 0) is 0 Å². The summed E-state index contributed by atoms with van der Waals surface area (Å²) in [6, 6.07) is 8.11. The minimum Gasteiger partial charge on any atom is -0.476 e. The number of anilines is 1. The average Bonchev–Trinajstić information content (AvgIpc) is 2.37. The number of nitrogens with one attached hydrogen (secondary N) is 1. The molecule has 1 aromatic carbocycles. The number of amides is 1. The molecule has 0 bridgehead atoms. The zero-order valence-electron chi connectivity index (χ0n) is 9.93. The Hall–Kier alpha value is -1.73. The number of carboxylic acids is 1. The summed E-state index contributed by atoms with van der Waals surface area (Å²) in [6.07, 6.45) is 1.36. The number of carbonyl (C=O) groups is 2. The van der Waals surface area contributed by atoms with Crippen LogP contribution in [0.1, 0.15) is 20.8 Å². The van der Waals surface area contributed by atoms with Crippen LogP contribution in [0, 0.1) is 0 Å². The Kier molecular flexibility index (Phi) is 4.51. The van der Waals surface area contributed by atoms with E-state index in [2.05, 4.69) is 42.2 Å². The molecule has 0 aliphatic heterocycles. The summed E-state index contributed by atoms with van der Waals surface area (Å²) in [6.45, 7) is 0. The topological polar surface area (TPSA) is 79.3 Å². The number of carbonyl (C=O) groups excluding carboxylic acids is 1. The molecule has 102 valence electrons. The number of aromatic nitrogens is 1. The summed E-state index contributed by atoms with van der Waals surface area (Å²) in [7, 11) is 0. The normalized spacial score (nSPS) is 10.1. The van der Waals surface area contributed by atoms with Crippen LogP contribution in [0.15, 0.2) is 45.5 Å². The summed E-state index contributed by atoms with van der Waals surface area (Å²) in [5, 5.41) is 11.5. The second-order valence-corrected chi connectivity index (χ2v) is 5.65. The van der Waals surface area contributed by atoms with Gasteiger partial charge in [0.15, 0.2) is 5.69 Å². The largest absolute Gasteiger partial charge is 0.476 e. The first-order chi connectivity index (χ1) is 9.47. The van der Waals surface area contributed by atoms with Crippen LogP contribution in [0.4, 0.5) is 5.69 Å². The molecule has 0 aliphatic carbocycles. The average molecular weight is 400 g/mol. The number of halogens is 2. The SMILES string of the molecule is O=C(Nc1cccnc1C(=O)O)c1cc(Br)cc(Br)c1. The van der Waals surface area contributed by atoms with Crippen LogP contribution >= 0.6 is 31.9 Å². The molecule has 0 saturated heterocycles. The molecule has 1 aromatic heterocycles. The number of benzene rings is 1. The number of aromatic carboxylic acids is 1. The molecular weight excluding hydrogens is 392 g/mol. The van der Waals surface area contributed by atoms with Crippen LogP contribution < -0.4 is 5.32 Å². The van der Waals surface area contributed by atoms with Gasteiger partial charge in [-0.05, 0) is 30.3 Å². The summed E-state index contributed by atoms with van der Waals surface area (Å²) in [5.41, 5.74) is 0.349. The van der Waals surface area contributed by atoms with Crippen molar-refractivity contribution < 1.29 is 14.7 Å². The number of rotatable bonds is 3. The molecule has 20 heavy (non-hydrogen) atoms. The summed E-state index contributed by atoms with van der Waals surface area (Å²) in [4.78, 5) is 26.9. The summed E-state index contributed by atoms with van der Waals surface area (Å²) >= 11 is 6.58. The Morgan fingerprint density at radius 1 is 1.15 bits per heavy atom. The molecule has 0 atom stereocenters. The van der Waals surface area contributed by atoms with E-state index in [0.717, 1.165) is 8.95 Å². The highest BCUT2D eigenvalue weighted by Gasteiger charge is 2.15. The van der Waals surface area contributed by atoms with E-state index in [1.165, 1.54) is 12.3 Å². The Morgan fingerprint density at radius 2 is 1.80 bits per heavy atom. The van der Waals surface area contributed by atoms with Crippen LogP contribution in [-0.4, -0.2) is 22.0 Å². The number of pyridine rings is 1. The highest BCUT2D eigenvalue weighted by atomic mass is 79.9. The van der Waals surface area contributed by atoms with Crippen molar-refractivity contribution in [2.24, 2.45) is 0 Å². The molecule has 1 amide bonds. The van der Waals surface area contributed by atoms with Crippen molar-refractivity contribution in [3.05, 3.63) is 56.7 Å². The molecule has 0 saturated carbocycles. The van der Waals surface area contributed by atoms with Crippen molar-refractivity contribution in [1.29, 1.82) is 0 Å². The zero-order chi connectivity index (χ0) is 14.7. The van der Waals surface area contributed by atoms with Gasteiger partial charge < -0.3 is 10.4 Å². The van der Waals surface area contributed by atoms with E-state index in [1.54, 1.807) is 24.3 Å². The first kappa shape index (κ1) is 14.7. The van der Waals surface area contributed by atoms with E-state index in [1.807, 2.05) is 0 Å². The van der Waals surface area contributed by atoms with Gasteiger partial charge in [0.2, 0.25) is 0 Å². The lowest BCUT2D eigenvalue weighted by atomic mass is 10.2. The Labute approximate surface area is 131 Å². The molecule has 0 aliphatic rings. The standard InChI is InChI=1S/C13H8Br2N2O3/c14-8-4-7(5-9(15)6-8)12(18)17-10-2-1-3-16-11(10)13(19)20/h1-6H,(H,17,18)(H,19,20). The molecular formula is C13H8Br2N2O3. The van der Waals surface area contributed by atoms with Crippen LogP contribution in [0.5, 0.6) is 0 Å². The quantitative estimate of drug-likeness (QED) is 0.826. The molecule has 2 N–H and O–H groups in total. The first-order valence-electron chi connectivity index (χ1n) is 5.43. The van der Waals surface area contributed by atoms with E-state index in [9.17, 15) is 9.59 Å². The molecule has 0 spiro atoms. The van der Waals surface area contributed by atoms with Gasteiger partial charge in [-0.1, -0.05) is 31.9 Å². The van der Waals surface area contributed by atoms with Crippen LogP contribution in [0.25, 0.3) is 0 Å². The summed E-state index contributed by atoms with van der Waals surface area (Å²) < 4.78 is 1.48. The van der Waals surface area contributed by atoms with Gasteiger partial charge in [-0.25, -0.2) is 9.78 Å². The minimum atomic E-state index is -1.20. The third kappa shape index (κ3) is 3.43. The van der Waals surface area contributed by atoms with Crippen molar-refractivity contribution in [2.45, 2.75) is 0 Å². The van der Waals surface area contributed by atoms with Gasteiger partial charge in [0.1, 0.15) is 0 Å². The first-order valence-corrected chi connectivity index (χ1v) is 7.02. The highest BCUT2D eigenvalue weighted by Crippen LogP contribution is 2.21. The van der Waals surface area contributed by atoms with Crippen molar-refractivity contribution in [3.8, 4) is 0 Å². The van der Waals surface area contributed by atoms with Crippen LogP contribution in [0.2, 0.25) is 0 Å². The second-order valence-electron chi connectivity index (χ2n) is 3.82. The molecule has 2 rings (SSSR count). The maximum atomic E-state index is 12.1. The van der Waals surface area contributed by atoms with Gasteiger partial charge in [0.05, 0.1) is 5.69 Å². The van der Waals surface area contributed by atoms with Gasteiger partial charge >= 0.3 is 5.97 Å². The highest BCUT2D eigenvalue weighted by molar-refractivity contribution is 9.11. The van der Waals surface area contributed by atoms with E-state index < -0.39 is 11.9 Å². The lowest BCUT2D eigenvalue weighted by Gasteiger charge is -2.08. The number of hydrogen-bond acceptors (Lipinski definition) is 3. The minimum absolute atomic E-state index is 0.154. The Morgan fingerprint density at radius 3 is 2.40 bits per heavy atom. The Balaban J connectivity index is 2.30. The third-order valence-corrected chi connectivity index (χ3v) is 3.30. The Bertz CT molecular complexity index is 669. The molecule has 2 aromatic rings. The lowest BCUT2D eigenvalue weighted by Crippen LogP contribution is -2.15. The van der Waals surface area contributed by atoms with Crippen molar-refractivity contribution in [2.75, 3.05) is 5.32 Å². The van der Waals surface area contributed by atoms with Crippen LogP contribution in [0.3, 0.4) is 0 Å². The molecule has 1 heterocycles. The van der Waals surface area contributed by atoms with Gasteiger partial charge in [-0.15, -0.1) is 0 Å². The van der Waals surface area contributed by atoms with E-state index >= 15 is 0 Å². The number of hydrogen-bond donors (Lipinski definition) is 2. The van der Waals surface area contributed by atoms with E-state index in [-0.39, 0.29) is 11.4 Å². The molecule has 5 nitrogen and oxygen atoms in total. The zero-order valence-corrected chi connectivity index (χ0v) is 13.1. The predicted octanol–water partition coefficient (Wildman–Crippen LogP) is 3.56. The van der Waals surface area contributed by atoms with Crippen molar-refractivity contribution in [3.63, 3.8) is 0 Å².